The van der Waals surface area contributed by atoms with Crippen LogP contribution in [-0.2, 0) is 4.74 Å². The van der Waals surface area contributed by atoms with Crippen molar-refractivity contribution in [3.63, 3.8) is 0 Å². The number of aliphatic hydroxyl groups is 1. The number of rotatable bonds is 9. The first-order valence-electron chi connectivity index (χ1n) is 9.01. The minimum absolute atomic E-state index is 0. The van der Waals surface area contributed by atoms with Gasteiger partial charge >= 0.3 is 0 Å². The van der Waals surface area contributed by atoms with E-state index in [1.54, 1.807) is 0 Å². The monoisotopic (exact) mass is 456 g/mol. The normalized spacial score (nSPS) is 18.8. The van der Waals surface area contributed by atoms with Crippen molar-refractivity contribution >= 4 is 29.9 Å². The molecule has 2 unspecified atom stereocenters. The van der Waals surface area contributed by atoms with Gasteiger partial charge in [-0.25, -0.2) is 0 Å². The molecule has 1 aliphatic rings. The maximum atomic E-state index is 9.14. The van der Waals surface area contributed by atoms with Crippen molar-refractivity contribution in [1.29, 1.82) is 0 Å². The van der Waals surface area contributed by atoms with Crippen LogP contribution in [0.2, 0.25) is 0 Å². The minimum atomic E-state index is 0. The molecule has 0 amide bonds. The number of aliphatic hydroxyl groups excluding tert-OH is 1. The Bertz CT molecular complexity index is 337. The van der Waals surface area contributed by atoms with Gasteiger partial charge in [0, 0.05) is 45.4 Å². The van der Waals surface area contributed by atoms with Crippen LogP contribution in [-0.4, -0.2) is 74.6 Å². The number of hydrogen-bond acceptors (Lipinski definition) is 4. The summed E-state index contributed by atoms with van der Waals surface area (Å²) in [5.74, 6) is 1.70. The first-order valence-corrected chi connectivity index (χ1v) is 9.01. The molecule has 24 heavy (non-hydrogen) atoms. The van der Waals surface area contributed by atoms with E-state index < -0.39 is 0 Å². The molecule has 3 N–H and O–H groups in total. The number of nitrogens with zero attached hydrogens (tertiary/aromatic N) is 2. The van der Waals surface area contributed by atoms with Crippen LogP contribution in [0.4, 0.5) is 0 Å². The number of morpholine rings is 1. The standard InChI is InChI=1S/C17H36N4O2.HI/c1-5-18-17(19-11-15(4)13-22)20-12-16(10-14(2)3)21-6-8-23-9-7-21;/h14-16,22H,5-13H2,1-4H3,(H2,18,19,20);1H. The highest BCUT2D eigenvalue weighted by atomic mass is 127. The molecule has 1 heterocycles. The molecule has 0 aliphatic carbocycles. The maximum Gasteiger partial charge on any atom is 0.191 e. The number of hydrogen-bond donors (Lipinski definition) is 3. The summed E-state index contributed by atoms with van der Waals surface area (Å²) in [7, 11) is 0. The molecule has 6 nitrogen and oxygen atoms in total. The molecular formula is C17H37IN4O2. The molecule has 0 bridgehead atoms. The van der Waals surface area contributed by atoms with E-state index >= 15 is 0 Å². The van der Waals surface area contributed by atoms with E-state index in [2.05, 4.69) is 41.3 Å². The number of aliphatic imine (C=N–C) groups is 1. The number of ether oxygens (including phenoxy) is 1. The van der Waals surface area contributed by atoms with Crippen LogP contribution in [0.1, 0.15) is 34.1 Å². The summed E-state index contributed by atoms with van der Waals surface area (Å²) in [6.07, 6.45) is 1.17. The molecule has 144 valence electrons. The Labute approximate surface area is 164 Å². The fourth-order valence-corrected chi connectivity index (χ4v) is 2.71. The van der Waals surface area contributed by atoms with Gasteiger partial charge in [-0.2, -0.15) is 0 Å². The molecule has 1 fully saturated rings. The van der Waals surface area contributed by atoms with Crippen molar-refractivity contribution in [2.45, 2.75) is 40.2 Å². The third-order valence-corrected chi connectivity index (χ3v) is 4.03. The van der Waals surface area contributed by atoms with E-state index in [4.69, 9.17) is 9.84 Å². The lowest BCUT2D eigenvalue weighted by Crippen LogP contribution is -2.51. The quantitative estimate of drug-likeness (QED) is 0.279. The van der Waals surface area contributed by atoms with Crippen LogP contribution < -0.4 is 10.6 Å². The average molecular weight is 456 g/mol. The summed E-state index contributed by atoms with van der Waals surface area (Å²) < 4.78 is 5.47. The summed E-state index contributed by atoms with van der Waals surface area (Å²) in [6, 6.07) is 0.498. The van der Waals surface area contributed by atoms with Crippen LogP contribution in [0.15, 0.2) is 4.99 Å². The third kappa shape index (κ3) is 10.0. The van der Waals surface area contributed by atoms with Gasteiger partial charge < -0.3 is 20.5 Å². The molecular weight excluding hydrogens is 419 g/mol. The second-order valence-corrected chi connectivity index (χ2v) is 6.82. The largest absolute Gasteiger partial charge is 0.396 e. The van der Waals surface area contributed by atoms with E-state index in [0.717, 1.165) is 45.4 Å². The van der Waals surface area contributed by atoms with Crippen molar-refractivity contribution < 1.29 is 9.84 Å². The molecule has 0 radical (unpaired) electrons. The Morgan fingerprint density at radius 3 is 2.42 bits per heavy atom. The Kier molecular flexibility index (Phi) is 14.0. The van der Waals surface area contributed by atoms with Crippen molar-refractivity contribution in [1.82, 2.24) is 15.5 Å². The number of halogens is 1. The van der Waals surface area contributed by atoms with Gasteiger partial charge in [0.1, 0.15) is 0 Å². The van der Waals surface area contributed by atoms with Crippen molar-refractivity contribution in [2.75, 3.05) is 52.5 Å². The first kappa shape index (κ1) is 23.9. The van der Waals surface area contributed by atoms with E-state index in [9.17, 15) is 0 Å². The summed E-state index contributed by atoms with van der Waals surface area (Å²) in [4.78, 5) is 7.10. The molecule has 1 rings (SSSR count). The third-order valence-electron chi connectivity index (χ3n) is 4.03. The van der Waals surface area contributed by atoms with Gasteiger partial charge in [0.25, 0.3) is 0 Å². The van der Waals surface area contributed by atoms with E-state index in [1.807, 2.05) is 6.92 Å². The molecule has 7 heteroatoms. The second kappa shape index (κ2) is 14.1. The average Bonchev–Trinajstić information content (AvgIpc) is 2.56. The van der Waals surface area contributed by atoms with E-state index in [0.29, 0.717) is 18.5 Å². The van der Waals surface area contributed by atoms with Crippen LogP contribution in [0.25, 0.3) is 0 Å². The molecule has 0 saturated carbocycles. The van der Waals surface area contributed by atoms with Gasteiger partial charge in [0.2, 0.25) is 0 Å². The van der Waals surface area contributed by atoms with Gasteiger partial charge in [-0.15, -0.1) is 24.0 Å². The van der Waals surface area contributed by atoms with E-state index in [-0.39, 0.29) is 36.5 Å². The zero-order valence-corrected chi connectivity index (χ0v) is 18.1. The van der Waals surface area contributed by atoms with Crippen molar-refractivity contribution in [3.8, 4) is 0 Å². The van der Waals surface area contributed by atoms with Crippen molar-refractivity contribution in [2.24, 2.45) is 16.8 Å². The molecule has 2 atom stereocenters. The summed E-state index contributed by atoms with van der Waals surface area (Å²) in [5.41, 5.74) is 0. The topological polar surface area (TPSA) is 69.1 Å². The molecule has 0 aromatic heterocycles. The van der Waals surface area contributed by atoms with Crippen LogP contribution in [0.3, 0.4) is 0 Å². The second-order valence-electron chi connectivity index (χ2n) is 6.82. The van der Waals surface area contributed by atoms with Crippen LogP contribution in [0, 0.1) is 11.8 Å². The van der Waals surface area contributed by atoms with Gasteiger partial charge in [0.05, 0.1) is 13.2 Å². The van der Waals surface area contributed by atoms with Crippen LogP contribution in [0.5, 0.6) is 0 Å². The van der Waals surface area contributed by atoms with Gasteiger partial charge in [-0.1, -0.05) is 20.8 Å². The van der Waals surface area contributed by atoms with Gasteiger partial charge in [-0.3, -0.25) is 9.89 Å². The molecule has 1 saturated heterocycles. The highest BCUT2D eigenvalue weighted by molar-refractivity contribution is 14.0. The predicted octanol–water partition coefficient (Wildman–Crippen LogP) is 1.53. The fourth-order valence-electron chi connectivity index (χ4n) is 2.71. The Balaban J connectivity index is 0.00000529. The van der Waals surface area contributed by atoms with Gasteiger partial charge in [0.15, 0.2) is 5.96 Å². The Morgan fingerprint density at radius 1 is 1.21 bits per heavy atom. The lowest BCUT2D eigenvalue weighted by atomic mass is 10.0. The zero-order chi connectivity index (χ0) is 17.1. The minimum Gasteiger partial charge on any atom is -0.396 e. The maximum absolute atomic E-state index is 9.14. The van der Waals surface area contributed by atoms with Crippen LogP contribution >= 0.6 is 24.0 Å². The summed E-state index contributed by atoms with van der Waals surface area (Å²) >= 11 is 0. The predicted molar refractivity (Wildman–Crippen MR) is 111 cm³/mol. The lowest BCUT2D eigenvalue weighted by molar-refractivity contribution is 0.0132. The number of nitrogens with one attached hydrogen (secondary N) is 2. The first-order chi connectivity index (χ1) is 11.1. The summed E-state index contributed by atoms with van der Waals surface area (Å²) in [5, 5.41) is 15.9. The van der Waals surface area contributed by atoms with E-state index in [1.165, 1.54) is 6.42 Å². The van der Waals surface area contributed by atoms with Gasteiger partial charge in [-0.05, 0) is 25.2 Å². The SMILES string of the molecule is CCNC(=NCC(C)CO)NCC(CC(C)C)N1CCOCC1.I. The highest BCUT2D eigenvalue weighted by Gasteiger charge is 2.22. The van der Waals surface area contributed by atoms with Crippen molar-refractivity contribution in [3.05, 3.63) is 0 Å². The Hall–Kier alpha value is -0.120. The fraction of sp³-hybridized carbons (Fsp3) is 0.941. The lowest BCUT2D eigenvalue weighted by Gasteiger charge is -2.35. The summed E-state index contributed by atoms with van der Waals surface area (Å²) in [6.45, 7) is 14.8. The smallest absolute Gasteiger partial charge is 0.191 e. The number of guanidine groups is 1. The molecule has 0 aromatic carbocycles. The molecule has 1 aliphatic heterocycles. The zero-order valence-electron chi connectivity index (χ0n) is 15.8. The Morgan fingerprint density at radius 2 is 1.88 bits per heavy atom. The highest BCUT2D eigenvalue weighted by Crippen LogP contribution is 2.13. The molecule has 0 aromatic rings. The molecule has 0 spiro atoms.